The van der Waals surface area contributed by atoms with Crippen molar-refractivity contribution in [2.75, 3.05) is 20.3 Å². The molecular weight excluding hydrogens is 152 g/mol. The van der Waals surface area contributed by atoms with Crippen molar-refractivity contribution in [3.05, 3.63) is 11.1 Å². The average molecular weight is 168 g/mol. The van der Waals surface area contributed by atoms with E-state index in [1.165, 1.54) is 24.0 Å². The summed E-state index contributed by atoms with van der Waals surface area (Å²) in [5.41, 5.74) is 2.91. The molecule has 0 aromatic carbocycles. The Labute approximate surface area is 73.5 Å². The molecule has 0 saturated carbocycles. The van der Waals surface area contributed by atoms with E-state index >= 15 is 0 Å². The first-order valence-corrected chi connectivity index (χ1v) is 4.64. The molecule has 12 heavy (non-hydrogen) atoms. The zero-order valence-corrected chi connectivity index (χ0v) is 7.80. The first kappa shape index (κ1) is 8.27. The highest BCUT2D eigenvalue weighted by Crippen LogP contribution is 2.42. The smallest absolute Gasteiger partial charge is 0.0874 e. The van der Waals surface area contributed by atoms with Gasteiger partial charge in [-0.25, -0.2) is 0 Å². The van der Waals surface area contributed by atoms with Crippen LogP contribution in [-0.4, -0.2) is 26.4 Å². The van der Waals surface area contributed by atoms with E-state index in [0.29, 0.717) is 12.0 Å². The minimum Gasteiger partial charge on any atom is -0.380 e. The van der Waals surface area contributed by atoms with E-state index < -0.39 is 0 Å². The molecule has 68 valence electrons. The molecule has 2 atom stereocenters. The molecule has 1 fully saturated rings. The predicted octanol–water partition coefficient (Wildman–Crippen LogP) is 1.76. The number of hydrogen-bond donors (Lipinski definition) is 0. The lowest BCUT2D eigenvalue weighted by Gasteiger charge is -2.43. The van der Waals surface area contributed by atoms with E-state index in [1.807, 2.05) is 0 Å². The Morgan fingerprint density at radius 3 is 3.17 bits per heavy atom. The highest BCUT2D eigenvalue weighted by Gasteiger charge is 2.39. The Bertz CT molecular complexity index is 208. The summed E-state index contributed by atoms with van der Waals surface area (Å²) in [6.45, 7) is 3.90. The number of methoxy groups -OCH3 is 1. The van der Waals surface area contributed by atoms with Gasteiger partial charge >= 0.3 is 0 Å². The lowest BCUT2D eigenvalue weighted by Crippen LogP contribution is -2.42. The van der Waals surface area contributed by atoms with Crippen molar-refractivity contribution in [1.82, 2.24) is 0 Å². The molecule has 0 spiro atoms. The summed E-state index contributed by atoms with van der Waals surface area (Å²) in [5.74, 6) is 0.712. The molecule has 2 aliphatic rings. The third-order valence-corrected chi connectivity index (χ3v) is 3.03. The maximum atomic E-state index is 5.67. The van der Waals surface area contributed by atoms with E-state index in [9.17, 15) is 0 Å². The molecule has 2 heteroatoms. The molecule has 1 aliphatic carbocycles. The second-order valence-electron chi connectivity index (χ2n) is 3.68. The van der Waals surface area contributed by atoms with E-state index in [0.717, 1.165) is 13.2 Å². The van der Waals surface area contributed by atoms with Gasteiger partial charge in [0, 0.05) is 19.6 Å². The van der Waals surface area contributed by atoms with Gasteiger partial charge in [0.25, 0.3) is 0 Å². The maximum absolute atomic E-state index is 5.67. The molecule has 1 heterocycles. The van der Waals surface area contributed by atoms with Crippen LogP contribution in [0, 0.1) is 5.92 Å². The van der Waals surface area contributed by atoms with Gasteiger partial charge < -0.3 is 9.47 Å². The van der Waals surface area contributed by atoms with E-state index in [2.05, 4.69) is 6.92 Å². The second kappa shape index (κ2) is 3.19. The van der Waals surface area contributed by atoms with Gasteiger partial charge in [0.05, 0.1) is 12.7 Å². The van der Waals surface area contributed by atoms with Crippen LogP contribution >= 0.6 is 0 Å². The molecule has 1 aliphatic heterocycles. The third kappa shape index (κ3) is 1.10. The SMILES string of the molecule is COCC1=C(C)C2CCCOC12. The van der Waals surface area contributed by atoms with Crippen molar-refractivity contribution < 1.29 is 9.47 Å². The average Bonchev–Trinajstić information content (AvgIpc) is 2.13. The minimum absolute atomic E-state index is 0.402. The molecule has 1 saturated heterocycles. The van der Waals surface area contributed by atoms with Crippen LogP contribution < -0.4 is 0 Å². The van der Waals surface area contributed by atoms with Gasteiger partial charge in [-0.2, -0.15) is 0 Å². The Balaban J connectivity index is 2.07. The molecule has 2 unspecified atom stereocenters. The molecule has 0 amide bonds. The molecule has 0 N–H and O–H groups in total. The van der Waals surface area contributed by atoms with Crippen LogP contribution in [0.3, 0.4) is 0 Å². The largest absolute Gasteiger partial charge is 0.380 e. The van der Waals surface area contributed by atoms with Gasteiger partial charge in [0.2, 0.25) is 0 Å². The van der Waals surface area contributed by atoms with Crippen molar-refractivity contribution in [1.29, 1.82) is 0 Å². The summed E-state index contributed by atoms with van der Waals surface area (Å²) in [7, 11) is 1.75. The molecule has 0 aromatic rings. The van der Waals surface area contributed by atoms with Crippen molar-refractivity contribution in [3.63, 3.8) is 0 Å². The van der Waals surface area contributed by atoms with Crippen LogP contribution in [0.4, 0.5) is 0 Å². The number of hydrogen-bond acceptors (Lipinski definition) is 2. The first-order valence-electron chi connectivity index (χ1n) is 4.64. The van der Waals surface area contributed by atoms with E-state index in [4.69, 9.17) is 9.47 Å². The second-order valence-corrected chi connectivity index (χ2v) is 3.68. The summed E-state index contributed by atoms with van der Waals surface area (Å²) in [6, 6.07) is 0. The topological polar surface area (TPSA) is 18.5 Å². The fourth-order valence-electron chi connectivity index (χ4n) is 2.29. The summed E-state index contributed by atoms with van der Waals surface area (Å²) in [6.07, 6.45) is 2.93. The summed E-state index contributed by atoms with van der Waals surface area (Å²) in [5, 5.41) is 0. The van der Waals surface area contributed by atoms with Gasteiger partial charge in [-0.05, 0) is 25.3 Å². The maximum Gasteiger partial charge on any atom is 0.0874 e. The highest BCUT2D eigenvalue weighted by molar-refractivity contribution is 5.34. The lowest BCUT2D eigenvalue weighted by atomic mass is 9.72. The zero-order chi connectivity index (χ0) is 8.55. The summed E-state index contributed by atoms with van der Waals surface area (Å²) < 4.78 is 10.8. The van der Waals surface area contributed by atoms with Crippen molar-refractivity contribution in [3.8, 4) is 0 Å². The summed E-state index contributed by atoms with van der Waals surface area (Å²) >= 11 is 0. The van der Waals surface area contributed by atoms with E-state index in [-0.39, 0.29) is 0 Å². The van der Waals surface area contributed by atoms with Crippen LogP contribution in [0.5, 0.6) is 0 Å². The Morgan fingerprint density at radius 1 is 1.58 bits per heavy atom. The third-order valence-electron chi connectivity index (χ3n) is 3.03. The van der Waals surface area contributed by atoms with Gasteiger partial charge in [0.1, 0.15) is 0 Å². The van der Waals surface area contributed by atoms with Crippen molar-refractivity contribution in [2.45, 2.75) is 25.9 Å². The number of rotatable bonds is 2. The Morgan fingerprint density at radius 2 is 2.42 bits per heavy atom. The van der Waals surface area contributed by atoms with Crippen molar-refractivity contribution >= 4 is 0 Å². The molecule has 0 radical (unpaired) electrons. The predicted molar refractivity (Wildman–Crippen MR) is 47.0 cm³/mol. The monoisotopic (exact) mass is 168 g/mol. The standard InChI is InChI=1S/C10H16O2/c1-7-8-4-3-5-12-10(8)9(7)6-11-2/h8,10H,3-6H2,1-2H3. The molecular formula is C10H16O2. The van der Waals surface area contributed by atoms with Crippen LogP contribution in [0.2, 0.25) is 0 Å². The van der Waals surface area contributed by atoms with Crippen LogP contribution in [0.1, 0.15) is 19.8 Å². The van der Waals surface area contributed by atoms with Gasteiger partial charge in [-0.1, -0.05) is 5.57 Å². The van der Waals surface area contributed by atoms with Crippen LogP contribution in [0.25, 0.3) is 0 Å². The Hall–Kier alpha value is -0.340. The summed E-state index contributed by atoms with van der Waals surface area (Å²) in [4.78, 5) is 0. The van der Waals surface area contributed by atoms with Gasteiger partial charge in [-0.15, -0.1) is 0 Å². The van der Waals surface area contributed by atoms with E-state index in [1.54, 1.807) is 7.11 Å². The fraction of sp³-hybridized carbons (Fsp3) is 0.800. The van der Waals surface area contributed by atoms with Crippen molar-refractivity contribution in [2.24, 2.45) is 5.92 Å². The highest BCUT2D eigenvalue weighted by atomic mass is 16.5. The number of fused-ring (bicyclic) bond motifs is 1. The lowest BCUT2D eigenvalue weighted by molar-refractivity contribution is -0.0207. The van der Waals surface area contributed by atoms with Gasteiger partial charge in [0.15, 0.2) is 0 Å². The minimum atomic E-state index is 0.402. The molecule has 0 aromatic heterocycles. The molecule has 2 nitrogen and oxygen atoms in total. The fourth-order valence-corrected chi connectivity index (χ4v) is 2.29. The molecule has 2 rings (SSSR count). The first-order chi connectivity index (χ1) is 5.84. The zero-order valence-electron chi connectivity index (χ0n) is 7.80. The quantitative estimate of drug-likeness (QED) is 0.585. The normalized spacial score (nSPS) is 34.5. The number of ether oxygens (including phenoxy) is 2. The van der Waals surface area contributed by atoms with Crippen LogP contribution in [-0.2, 0) is 9.47 Å². The molecule has 0 bridgehead atoms. The van der Waals surface area contributed by atoms with Gasteiger partial charge in [-0.3, -0.25) is 0 Å². The Kier molecular flexibility index (Phi) is 2.20. The van der Waals surface area contributed by atoms with Crippen LogP contribution in [0.15, 0.2) is 11.1 Å².